The Bertz CT molecular complexity index is 31.9. The van der Waals surface area contributed by atoms with Crippen molar-refractivity contribution >= 4 is 0 Å². The van der Waals surface area contributed by atoms with Crippen molar-refractivity contribution < 1.29 is 0 Å². The van der Waals surface area contributed by atoms with E-state index in [0.717, 1.165) is 13.0 Å². The minimum Gasteiger partial charge on any atom is -0.316 e. The van der Waals surface area contributed by atoms with Crippen molar-refractivity contribution in [2.24, 2.45) is 5.73 Å². The molecule has 0 spiro atoms. The number of hydrogen-bond acceptors (Lipinski definition) is 2. The fourth-order valence-corrected chi connectivity index (χ4v) is 0.311. The van der Waals surface area contributed by atoms with Gasteiger partial charge in [0.05, 0.1) is 6.17 Å². The largest absolute Gasteiger partial charge is 0.316 e. The zero-order valence-electron chi connectivity index (χ0n) is 3.07. The van der Waals surface area contributed by atoms with Gasteiger partial charge in [0.2, 0.25) is 0 Å². The van der Waals surface area contributed by atoms with Crippen molar-refractivity contribution in [1.29, 1.82) is 0 Å². The Hall–Kier alpha value is -0.0800. The molecule has 0 radical (unpaired) electrons. The molecule has 2 nitrogen and oxygen atoms in total. The third-order valence-electron chi connectivity index (χ3n) is 0.862. The minimum absolute atomic E-state index is 0.315. The van der Waals surface area contributed by atoms with Gasteiger partial charge in [-0.15, -0.1) is 0 Å². The molecular formula is C3H8N2. The average Bonchev–Trinajstić information content (AvgIpc) is 1.30. The van der Waals surface area contributed by atoms with E-state index in [9.17, 15) is 0 Å². The van der Waals surface area contributed by atoms with Gasteiger partial charge in [0.25, 0.3) is 0 Å². The van der Waals surface area contributed by atoms with Crippen LogP contribution in [0.15, 0.2) is 0 Å². The highest BCUT2D eigenvalue weighted by Gasteiger charge is 2.07. The molecular weight excluding hydrogens is 64.0 g/mol. The first kappa shape index (κ1) is 3.12. The molecule has 3 N–H and O–H groups in total. The molecule has 0 aromatic carbocycles. The second-order valence-corrected chi connectivity index (χ2v) is 1.35. The van der Waals surface area contributed by atoms with Crippen LogP contribution in [0, 0.1) is 0 Å². The molecule has 1 aliphatic heterocycles. The Morgan fingerprint density at radius 1 is 1.80 bits per heavy atom. The van der Waals surface area contributed by atoms with E-state index in [0.29, 0.717) is 6.17 Å². The maximum Gasteiger partial charge on any atom is 0.0558 e. The molecule has 1 fully saturated rings. The van der Waals surface area contributed by atoms with Crippen LogP contribution < -0.4 is 11.1 Å². The van der Waals surface area contributed by atoms with Gasteiger partial charge in [-0.1, -0.05) is 0 Å². The van der Waals surface area contributed by atoms with Crippen LogP contribution in [0.25, 0.3) is 0 Å². The zero-order valence-corrected chi connectivity index (χ0v) is 3.07. The van der Waals surface area contributed by atoms with Crippen molar-refractivity contribution in [1.82, 2.24) is 5.32 Å². The van der Waals surface area contributed by atoms with Gasteiger partial charge in [-0.25, -0.2) is 0 Å². The van der Waals surface area contributed by atoms with Crippen molar-refractivity contribution in [3.8, 4) is 0 Å². The fourth-order valence-electron chi connectivity index (χ4n) is 0.311. The lowest BCUT2D eigenvalue weighted by Crippen LogP contribution is -2.49. The number of nitrogens with two attached hydrogens (primary N) is 1. The Labute approximate surface area is 31.4 Å². The van der Waals surface area contributed by atoms with Crippen molar-refractivity contribution in [2.75, 3.05) is 6.54 Å². The summed E-state index contributed by atoms with van der Waals surface area (Å²) in [5.74, 6) is 0. The Morgan fingerprint density at radius 2 is 2.20 bits per heavy atom. The molecule has 5 heavy (non-hydrogen) atoms. The standard InChI is InChI=1S/C3H8N2/c4-3-1-2-5-3/h3,5H,1-2,4H2. The van der Waals surface area contributed by atoms with Gasteiger partial charge in [0.15, 0.2) is 0 Å². The topological polar surface area (TPSA) is 38.0 Å². The van der Waals surface area contributed by atoms with Gasteiger partial charge >= 0.3 is 0 Å². The van der Waals surface area contributed by atoms with Crippen molar-refractivity contribution in [3.63, 3.8) is 0 Å². The van der Waals surface area contributed by atoms with E-state index in [4.69, 9.17) is 5.73 Å². The second kappa shape index (κ2) is 0.954. The molecule has 1 rings (SSSR count). The number of hydrogen-bond donors (Lipinski definition) is 2. The predicted octanol–water partition coefficient (Wildman–Crippen LogP) is -0.736. The summed E-state index contributed by atoms with van der Waals surface area (Å²) in [5, 5.41) is 2.99. The van der Waals surface area contributed by atoms with Crippen LogP contribution in [0.2, 0.25) is 0 Å². The molecule has 1 aliphatic rings. The second-order valence-electron chi connectivity index (χ2n) is 1.35. The molecule has 0 saturated carbocycles. The van der Waals surface area contributed by atoms with E-state index in [1.54, 1.807) is 0 Å². The maximum absolute atomic E-state index is 5.27. The minimum atomic E-state index is 0.315. The third kappa shape index (κ3) is 0.412. The fraction of sp³-hybridized carbons (Fsp3) is 1.00. The monoisotopic (exact) mass is 72.1 g/mol. The molecule has 2 heteroatoms. The summed E-state index contributed by atoms with van der Waals surface area (Å²) in [6.45, 7) is 1.11. The van der Waals surface area contributed by atoms with Crippen LogP contribution in [0.4, 0.5) is 0 Å². The van der Waals surface area contributed by atoms with Gasteiger partial charge in [0.1, 0.15) is 0 Å². The average molecular weight is 72.1 g/mol. The first-order valence-corrected chi connectivity index (χ1v) is 1.88. The smallest absolute Gasteiger partial charge is 0.0558 e. The highest BCUT2D eigenvalue weighted by Crippen LogP contribution is 1.90. The van der Waals surface area contributed by atoms with E-state index in [1.165, 1.54) is 0 Å². The van der Waals surface area contributed by atoms with Crippen molar-refractivity contribution in [3.05, 3.63) is 0 Å². The predicted molar refractivity (Wildman–Crippen MR) is 20.6 cm³/mol. The highest BCUT2D eigenvalue weighted by molar-refractivity contribution is 4.69. The molecule has 1 heterocycles. The van der Waals surface area contributed by atoms with E-state index >= 15 is 0 Å². The van der Waals surface area contributed by atoms with Crippen LogP contribution >= 0.6 is 0 Å². The van der Waals surface area contributed by atoms with Crippen LogP contribution in [0.1, 0.15) is 6.42 Å². The molecule has 0 aliphatic carbocycles. The maximum atomic E-state index is 5.27. The third-order valence-corrected chi connectivity index (χ3v) is 0.862. The van der Waals surface area contributed by atoms with E-state index in [2.05, 4.69) is 5.32 Å². The molecule has 1 atom stereocenters. The van der Waals surface area contributed by atoms with E-state index < -0.39 is 0 Å². The Morgan fingerprint density at radius 3 is 2.20 bits per heavy atom. The highest BCUT2D eigenvalue weighted by atomic mass is 15.1. The van der Waals surface area contributed by atoms with Crippen molar-refractivity contribution in [2.45, 2.75) is 12.6 Å². The van der Waals surface area contributed by atoms with Crippen LogP contribution in [-0.4, -0.2) is 12.7 Å². The SMILES string of the molecule is NC1CCN1. The quantitative estimate of drug-likeness (QED) is 0.395. The zero-order chi connectivity index (χ0) is 3.70. The van der Waals surface area contributed by atoms with E-state index in [1.807, 2.05) is 0 Å². The van der Waals surface area contributed by atoms with Crippen LogP contribution in [0.5, 0.6) is 0 Å². The molecule has 0 bridgehead atoms. The molecule has 0 aromatic heterocycles. The van der Waals surface area contributed by atoms with Gasteiger partial charge in [0, 0.05) is 0 Å². The molecule has 30 valence electrons. The Kier molecular flexibility index (Phi) is 0.596. The molecule has 1 unspecified atom stereocenters. The van der Waals surface area contributed by atoms with Gasteiger partial charge in [-0.3, -0.25) is 0 Å². The summed E-state index contributed by atoms with van der Waals surface area (Å²) < 4.78 is 0. The normalized spacial score (nSPS) is 36.6. The summed E-state index contributed by atoms with van der Waals surface area (Å²) in [6.07, 6.45) is 1.47. The van der Waals surface area contributed by atoms with E-state index in [-0.39, 0.29) is 0 Å². The molecule has 0 aromatic rings. The molecule has 0 amide bonds. The first-order valence-electron chi connectivity index (χ1n) is 1.88. The van der Waals surface area contributed by atoms with Crippen LogP contribution in [-0.2, 0) is 0 Å². The van der Waals surface area contributed by atoms with Gasteiger partial charge < -0.3 is 11.1 Å². The lowest BCUT2D eigenvalue weighted by molar-refractivity contribution is 0.382. The summed E-state index contributed by atoms with van der Waals surface area (Å²) >= 11 is 0. The van der Waals surface area contributed by atoms with Gasteiger partial charge in [-0.2, -0.15) is 0 Å². The summed E-state index contributed by atoms with van der Waals surface area (Å²) in [5.41, 5.74) is 5.27. The number of rotatable bonds is 0. The van der Waals surface area contributed by atoms with Crippen LogP contribution in [0.3, 0.4) is 0 Å². The summed E-state index contributed by atoms with van der Waals surface area (Å²) in [7, 11) is 0. The summed E-state index contributed by atoms with van der Waals surface area (Å²) in [4.78, 5) is 0. The first-order chi connectivity index (χ1) is 2.39. The van der Waals surface area contributed by atoms with Gasteiger partial charge in [-0.05, 0) is 13.0 Å². The lowest BCUT2D eigenvalue weighted by Gasteiger charge is -2.21. The summed E-state index contributed by atoms with van der Waals surface area (Å²) in [6, 6.07) is 0. The number of nitrogens with one attached hydrogen (secondary N) is 1. The Balaban J connectivity index is 2.08. The lowest BCUT2D eigenvalue weighted by atomic mass is 10.2. The molecule has 1 saturated heterocycles.